The SMILES string of the molecule is CC(=O)NCC1COC(=O)N1c1ccc(C2=C[C@@H](COC(=O)c3ccccc3)NC2)cc1. The molecule has 4 rings (SSSR count). The lowest BCUT2D eigenvalue weighted by Gasteiger charge is -2.21. The average molecular weight is 435 g/mol. The molecule has 0 aromatic heterocycles. The zero-order valence-electron chi connectivity index (χ0n) is 17.7. The van der Waals surface area contributed by atoms with Gasteiger partial charge in [-0.05, 0) is 35.4 Å². The Balaban J connectivity index is 1.37. The smallest absolute Gasteiger partial charge is 0.414 e. The van der Waals surface area contributed by atoms with Crippen LogP contribution in [0.2, 0.25) is 0 Å². The predicted octanol–water partition coefficient (Wildman–Crippen LogP) is 2.36. The highest BCUT2D eigenvalue weighted by atomic mass is 16.6. The van der Waals surface area contributed by atoms with E-state index in [1.165, 1.54) is 6.92 Å². The van der Waals surface area contributed by atoms with E-state index in [4.69, 9.17) is 9.47 Å². The van der Waals surface area contributed by atoms with Gasteiger partial charge in [0.1, 0.15) is 13.2 Å². The van der Waals surface area contributed by atoms with E-state index in [-0.39, 0.29) is 37.2 Å². The lowest BCUT2D eigenvalue weighted by molar-refractivity contribution is -0.119. The van der Waals surface area contributed by atoms with Gasteiger partial charge in [0.2, 0.25) is 5.91 Å². The van der Waals surface area contributed by atoms with Crippen LogP contribution in [0.3, 0.4) is 0 Å². The molecule has 0 spiro atoms. The van der Waals surface area contributed by atoms with Gasteiger partial charge in [-0.25, -0.2) is 9.59 Å². The van der Waals surface area contributed by atoms with Gasteiger partial charge >= 0.3 is 12.1 Å². The molecule has 2 heterocycles. The van der Waals surface area contributed by atoms with Crippen molar-refractivity contribution in [1.82, 2.24) is 10.6 Å². The van der Waals surface area contributed by atoms with Crippen LogP contribution in [0.1, 0.15) is 22.8 Å². The molecule has 0 radical (unpaired) electrons. The number of hydrogen-bond acceptors (Lipinski definition) is 6. The quantitative estimate of drug-likeness (QED) is 0.648. The Morgan fingerprint density at radius 2 is 1.91 bits per heavy atom. The van der Waals surface area contributed by atoms with Crippen molar-refractivity contribution in [2.75, 3.05) is 31.2 Å². The second kappa shape index (κ2) is 9.65. The number of cyclic esters (lactones) is 1. The molecule has 2 N–H and O–H groups in total. The number of nitrogens with zero attached hydrogens (tertiary/aromatic N) is 1. The van der Waals surface area contributed by atoms with Crippen LogP contribution in [-0.2, 0) is 14.3 Å². The number of carbonyl (C=O) groups is 3. The van der Waals surface area contributed by atoms with Crippen molar-refractivity contribution < 1.29 is 23.9 Å². The third kappa shape index (κ3) is 4.97. The highest BCUT2D eigenvalue weighted by Gasteiger charge is 2.34. The Kier molecular flexibility index (Phi) is 6.51. The number of ether oxygens (including phenoxy) is 2. The van der Waals surface area contributed by atoms with Gasteiger partial charge in [-0.15, -0.1) is 0 Å². The van der Waals surface area contributed by atoms with Crippen LogP contribution in [0.5, 0.6) is 0 Å². The zero-order chi connectivity index (χ0) is 22.5. The lowest BCUT2D eigenvalue weighted by atomic mass is 10.1. The first-order valence-corrected chi connectivity index (χ1v) is 10.5. The molecular formula is C24H25N3O5. The van der Waals surface area contributed by atoms with Crippen LogP contribution in [0.4, 0.5) is 10.5 Å². The van der Waals surface area contributed by atoms with Gasteiger partial charge in [0.25, 0.3) is 0 Å². The fraction of sp³-hybridized carbons (Fsp3) is 0.292. The first-order valence-electron chi connectivity index (χ1n) is 10.5. The van der Waals surface area contributed by atoms with Gasteiger partial charge in [0.05, 0.1) is 17.6 Å². The predicted molar refractivity (Wildman–Crippen MR) is 119 cm³/mol. The van der Waals surface area contributed by atoms with Crippen LogP contribution in [-0.4, -0.2) is 56.4 Å². The first-order chi connectivity index (χ1) is 15.5. The van der Waals surface area contributed by atoms with Crippen molar-refractivity contribution in [3.63, 3.8) is 0 Å². The molecule has 1 saturated heterocycles. The summed E-state index contributed by atoms with van der Waals surface area (Å²) in [5.41, 5.74) is 3.36. The molecule has 1 unspecified atom stereocenters. The summed E-state index contributed by atoms with van der Waals surface area (Å²) in [6, 6.07) is 16.2. The second-order valence-corrected chi connectivity index (χ2v) is 7.73. The van der Waals surface area contributed by atoms with E-state index in [1.807, 2.05) is 30.3 Å². The number of amides is 2. The summed E-state index contributed by atoms with van der Waals surface area (Å²) in [5, 5.41) is 6.06. The number of rotatable bonds is 7. The summed E-state index contributed by atoms with van der Waals surface area (Å²) in [5.74, 6) is -0.491. The van der Waals surface area contributed by atoms with Crippen molar-refractivity contribution in [2.45, 2.75) is 19.0 Å². The summed E-state index contributed by atoms with van der Waals surface area (Å²) in [6.07, 6.45) is 1.63. The average Bonchev–Trinajstić information content (AvgIpc) is 3.43. The van der Waals surface area contributed by atoms with Crippen LogP contribution in [0, 0.1) is 0 Å². The Labute approximate surface area is 186 Å². The maximum Gasteiger partial charge on any atom is 0.414 e. The van der Waals surface area contributed by atoms with Gasteiger partial charge in [0.15, 0.2) is 0 Å². The molecule has 0 saturated carbocycles. The van der Waals surface area contributed by atoms with Crippen molar-refractivity contribution in [2.24, 2.45) is 0 Å². The van der Waals surface area contributed by atoms with Gasteiger partial charge in [-0.3, -0.25) is 9.69 Å². The Hall–Kier alpha value is -3.65. The summed E-state index contributed by atoms with van der Waals surface area (Å²) in [7, 11) is 0. The minimum Gasteiger partial charge on any atom is -0.460 e. The van der Waals surface area contributed by atoms with Crippen LogP contribution in [0.15, 0.2) is 60.7 Å². The molecule has 2 amide bonds. The highest BCUT2D eigenvalue weighted by Crippen LogP contribution is 2.26. The van der Waals surface area contributed by atoms with E-state index in [9.17, 15) is 14.4 Å². The normalized spacial score (nSPS) is 20.0. The molecular weight excluding hydrogens is 410 g/mol. The van der Waals surface area contributed by atoms with Crippen LogP contribution in [0.25, 0.3) is 5.57 Å². The molecule has 2 aromatic carbocycles. The molecule has 2 aromatic rings. The number of anilines is 1. The molecule has 32 heavy (non-hydrogen) atoms. The number of benzene rings is 2. The molecule has 0 bridgehead atoms. The minimum absolute atomic E-state index is 0.0621. The van der Waals surface area contributed by atoms with Crippen LogP contribution < -0.4 is 15.5 Å². The largest absolute Gasteiger partial charge is 0.460 e. The fourth-order valence-corrected chi connectivity index (χ4v) is 3.75. The van der Waals surface area contributed by atoms with E-state index in [0.29, 0.717) is 24.3 Å². The second-order valence-electron chi connectivity index (χ2n) is 7.73. The van der Waals surface area contributed by atoms with Crippen LogP contribution >= 0.6 is 0 Å². The zero-order valence-corrected chi connectivity index (χ0v) is 17.7. The fourth-order valence-electron chi connectivity index (χ4n) is 3.75. The molecule has 2 aliphatic rings. The molecule has 8 heteroatoms. The molecule has 2 aliphatic heterocycles. The third-order valence-corrected chi connectivity index (χ3v) is 5.42. The van der Waals surface area contributed by atoms with Gasteiger partial charge in [0, 0.05) is 25.7 Å². The Morgan fingerprint density at radius 3 is 2.62 bits per heavy atom. The van der Waals surface area contributed by atoms with E-state index in [1.54, 1.807) is 29.2 Å². The molecule has 2 atom stereocenters. The van der Waals surface area contributed by atoms with E-state index in [0.717, 1.165) is 11.1 Å². The topological polar surface area (TPSA) is 97.0 Å². The molecule has 1 fully saturated rings. The minimum atomic E-state index is -0.421. The Bertz CT molecular complexity index is 1020. The number of hydrogen-bond donors (Lipinski definition) is 2. The van der Waals surface area contributed by atoms with Gasteiger partial charge in [-0.2, -0.15) is 0 Å². The van der Waals surface area contributed by atoms with Crippen molar-refractivity contribution in [3.8, 4) is 0 Å². The summed E-state index contributed by atoms with van der Waals surface area (Å²) in [4.78, 5) is 37.1. The highest BCUT2D eigenvalue weighted by molar-refractivity contribution is 5.91. The molecule has 166 valence electrons. The maximum absolute atomic E-state index is 12.2. The summed E-state index contributed by atoms with van der Waals surface area (Å²) in [6.45, 7) is 2.92. The van der Waals surface area contributed by atoms with Crippen molar-refractivity contribution >= 4 is 29.2 Å². The monoisotopic (exact) mass is 435 g/mol. The Morgan fingerprint density at radius 1 is 1.16 bits per heavy atom. The number of carbonyl (C=O) groups excluding carboxylic acids is 3. The number of nitrogens with one attached hydrogen (secondary N) is 2. The van der Waals surface area contributed by atoms with Gasteiger partial charge in [-0.1, -0.05) is 36.4 Å². The van der Waals surface area contributed by atoms with E-state index >= 15 is 0 Å². The van der Waals surface area contributed by atoms with Crippen molar-refractivity contribution in [1.29, 1.82) is 0 Å². The maximum atomic E-state index is 12.2. The lowest BCUT2D eigenvalue weighted by Crippen LogP contribution is -2.42. The summed E-state index contributed by atoms with van der Waals surface area (Å²) >= 11 is 0. The summed E-state index contributed by atoms with van der Waals surface area (Å²) < 4.78 is 10.6. The van der Waals surface area contributed by atoms with Crippen molar-refractivity contribution in [3.05, 3.63) is 71.8 Å². The van der Waals surface area contributed by atoms with Gasteiger partial charge < -0.3 is 20.1 Å². The third-order valence-electron chi connectivity index (χ3n) is 5.42. The first kappa shape index (κ1) is 21.6. The van der Waals surface area contributed by atoms with E-state index in [2.05, 4.69) is 16.7 Å². The standard InChI is InChI=1S/C24H25N3O5/c1-16(28)25-13-22-15-32-24(30)27(22)21-9-7-17(8-10-21)19-11-20(26-12-19)14-31-23(29)18-5-3-2-4-6-18/h2-11,20,22,26H,12-15H2,1H3,(H,25,28)/t20-,22?/m0/s1. The van der Waals surface area contributed by atoms with E-state index < -0.39 is 6.09 Å². The number of esters is 1. The molecule has 8 nitrogen and oxygen atoms in total. The molecule has 0 aliphatic carbocycles.